The number of fused-ring (bicyclic) bond motifs is 1. The minimum Gasteiger partial charge on any atom is -0.493 e. The molecule has 0 saturated carbocycles. The molecule has 2 heterocycles. The quantitative estimate of drug-likeness (QED) is 0.521. The van der Waals surface area contributed by atoms with E-state index in [0.717, 1.165) is 22.5 Å². The summed E-state index contributed by atoms with van der Waals surface area (Å²) in [4.78, 5) is 35.4. The van der Waals surface area contributed by atoms with Crippen molar-refractivity contribution in [1.29, 1.82) is 0 Å². The van der Waals surface area contributed by atoms with Crippen LogP contribution in [-0.2, 0) is 22.4 Å². The van der Waals surface area contributed by atoms with E-state index in [1.54, 1.807) is 31.5 Å². The summed E-state index contributed by atoms with van der Waals surface area (Å²) in [5, 5.41) is 2.88. The van der Waals surface area contributed by atoms with Crippen LogP contribution in [0.1, 0.15) is 28.6 Å². The molecule has 178 valence electrons. The van der Waals surface area contributed by atoms with Crippen LogP contribution in [-0.4, -0.2) is 60.8 Å². The summed E-state index contributed by atoms with van der Waals surface area (Å²) in [5.74, 6) is 0.644. The molecule has 2 N–H and O–H groups in total. The molecular formula is C25H28N4O5. The Hall–Kier alpha value is -4.01. The molecule has 0 bridgehead atoms. The second kappa shape index (κ2) is 10.3. The Bertz CT molecular complexity index is 1150. The molecule has 34 heavy (non-hydrogen) atoms. The molecule has 0 fully saturated rings. The van der Waals surface area contributed by atoms with Gasteiger partial charge < -0.3 is 29.4 Å². The Morgan fingerprint density at radius 1 is 1.12 bits per heavy atom. The fourth-order valence-electron chi connectivity index (χ4n) is 4.27. The van der Waals surface area contributed by atoms with Gasteiger partial charge in [-0.3, -0.25) is 0 Å². The summed E-state index contributed by atoms with van der Waals surface area (Å²) in [6, 6.07) is 13.4. The van der Waals surface area contributed by atoms with Gasteiger partial charge in [0.2, 0.25) is 0 Å². The highest BCUT2D eigenvalue weighted by Gasteiger charge is 2.36. The van der Waals surface area contributed by atoms with Crippen molar-refractivity contribution in [2.45, 2.75) is 24.9 Å². The minimum absolute atomic E-state index is 0.321. The number of benzene rings is 2. The first-order valence-corrected chi connectivity index (χ1v) is 11.0. The van der Waals surface area contributed by atoms with Gasteiger partial charge in [-0.15, -0.1) is 0 Å². The molecule has 2 atom stereocenters. The lowest BCUT2D eigenvalue weighted by molar-refractivity contribution is -0.142. The molecule has 2 aromatic carbocycles. The van der Waals surface area contributed by atoms with Crippen LogP contribution in [0.15, 0.2) is 54.9 Å². The number of aromatic nitrogens is 2. The number of nitrogens with zero attached hydrogens (tertiary/aromatic N) is 2. The first-order valence-electron chi connectivity index (χ1n) is 11.0. The number of hydrogen-bond acceptors (Lipinski definition) is 6. The average Bonchev–Trinajstić information content (AvgIpc) is 3.36. The van der Waals surface area contributed by atoms with Gasteiger partial charge in [-0.05, 0) is 23.3 Å². The van der Waals surface area contributed by atoms with Crippen molar-refractivity contribution in [2.24, 2.45) is 0 Å². The highest BCUT2D eigenvalue weighted by Crippen LogP contribution is 2.37. The van der Waals surface area contributed by atoms with Gasteiger partial charge in [0.25, 0.3) is 0 Å². The summed E-state index contributed by atoms with van der Waals surface area (Å²) in [7, 11) is 4.46. The van der Waals surface area contributed by atoms with Gasteiger partial charge in [0, 0.05) is 25.1 Å². The van der Waals surface area contributed by atoms with Crippen LogP contribution in [0.2, 0.25) is 0 Å². The van der Waals surface area contributed by atoms with Crippen LogP contribution in [0.5, 0.6) is 11.5 Å². The zero-order valence-corrected chi connectivity index (χ0v) is 19.4. The van der Waals surface area contributed by atoms with Gasteiger partial charge >= 0.3 is 12.0 Å². The van der Waals surface area contributed by atoms with Gasteiger partial charge in [0.05, 0.1) is 33.4 Å². The van der Waals surface area contributed by atoms with Crippen molar-refractivity contribution in [1.82, 2.24) is 20.2 Å². The molecule has 1 aromatic heterocycles. The molecule has 3 aromatic rings. The Morgan fingerprint density at radius 3 is 2.59 bits per heavy atom. The first kappa shape index (κ1) is 23.2. The number of carbonyl (C=O) groups is 2. The van der Waals surface area contributed by atoms with E-state index in [4.69, 9.17) is 14.2 Å². The first-order chi connectivity index (χ1) is 16.5. The number of amides is 2. The SMILES string of the molecule is COC(=O)[C@H](Cc1ccccc1)NC(=O)N1CCc2[nH]cnc2[C@@H]1c1ccc(OC)c(OC)c1. The molecule has 0 saturated heterocycles. The topological polar surface area (TPSA) is 106 Å². The van der Waals surface area contributed by atoms with Gasteiger partial charge in [-0.25, -0.2) is 14.6 Å². The van der Waals surface area contributed by atoms with E-state index in [1.165, 1.54) is 7.11 Å². The van der Waals surface area contributed by atoms with Crippen LogP contribution in [0.4, 0.5) is 4.79 Å². The monoisotopic (exact) mass is 464 g/mol. The van der Waals surface area contributed by atoms with E-state index in [9.17, 15) is 9.59 Å². The Balaban J connectivity index is 1.64. The second-order valence-corrected chi connectivity index (χ2v) is 7.94. The largest absolute Gasteiger partial charge is 0.493 e. The lowest BCUT2D eigenvalue weighted by Crippen LogP contribution is -2.52. The molecule has 4 rings (SSSR count). The third-order valence-corrected chi connectivity index (χ3v) is 5.98. The molecule has 9 heteroatoms. The second-order valence-electron chi connectivity index (χ2n) is 7.94. The molecule has 0 unspecified atom stereocenters. The van der Waals surface area contributed by atoms with E-state index in [0.29, 0.717) is 30.9 Å². The number of hydrogen-bond donors (Lipinski definition) is 2. The number of rotatable bonds is 7. The lowest BCUT2D eigenvalue weighted by Gasteiger charge is -2.36. The summed E-state index contributed by atoms with van der Waals surface area (Å²) in [6.45, 7) is 0.444. The molecular weight excluding hydrogens is 436 g/mol. The predicted molar refractivity (Wildman–Crippen MR) is 125 cm³/mol. The smallest absolute Gasteiger partial charge is 0.328 e. The molecule has 0 aliphatic carbocycles. The Labute approximate surface area is 198 Å². The van der Waals surface area contributed by atoms with E-state index >= 15 is 0 Å². The lowest BCUT2D eigenvalue weighted by atomic mass is 9.95. The number of esters is 1. The average molecular weight is 465 g/mol. The standard InChI is InChI=1S/C25H28N4O5/c1-32-20-10-9-17(14-21(20)33-2)23-22-18(26-15-27-22)11-12-29(23)25(31)28-19(24(30)34-3)13-16-7-5-4-6-8-16/h4-10,14-15,19,23H,11-13H2,1-3H3,(H,26,27)(H,28,31)/t19-,23-/m0/s1. The summed E-state index contributed by atoms with van der Waals surface area (Å²) in [6.07, 6.45) is 2.57. The van der Waals surface area contributed by atoms with Crippen molar-refractivity contribution < 1.29 is 23.8 Å². The Morgan fingerprint density at radius 2 is 1.88 bits per heavy atom. The van der Waals surface area contributed by atoms with E-state index in [1.807, 2.05) is 42.5 Å². The fourth-order valence-corrected chi connectivity index (χ4v) is 4.27. The summed E-state index contributed by atoms with van der Waals surface area (Å²) >= 11 is 0. The van der Waals surface area contributed by atoms with Crippen LogP contribution in [0.3, 0.4) is 0 Å². The number of aromatic amines is 1. The molecule has 1 aliphatic rings. The number of ether oxygens (including phenoxy) is 3. The molecule has 0 spiro atoms. The van der Waals surface area contributed by atoms with Gasteiger partial charge in [0.15, 0.2) is 11.5 Å². The number of urea groups is 1. The highest BCUT2D eigenvalue weighted by molar-refractivity contribution is 5.84. The van der Waals surface area contributed by atoms with Crippen LogP contribution < -0.4 is 14.8 Å². The van der Waals surface area contributed by atoms with Crippen LogP contribution in [0, 0.1) is 0 Å². The van der Waals surface area contributed by atoms with Crippen molar-refractivity contribution in [3.05, 3.63) is 77.4 Å². The van der Waals surface area contributed by atoms with Gasteiger partial charge in [-0.1, -0.05) is 36.4 Å². The van der Waals surface area contributed by atoms with Gasteiger partial charge in [-0.2, -0.15) is 0 Å². The number of nitrogens with one attached hydrogen (secondary N) is 2. The number of imidazole rings is 1. The molecule has 0 radical (unpaired) electrons. The molecule has 1 aliphatic heterocycles. The van der Waals surface area contributed by atoms with Crippen molar-refractivity contribution >= 4 is 12.0 Å². The van der Waals surface area contributed by atoms with Crippen LogP contribution in [0.25, 0.3) is 0 Å². The minimum atomic E-state index is -0.827. The normalized spacial score (nSPS) is 15.7. The fraction of sp³-hybridized carbons (Fsp3) is 0.320. The van der Waals surface area contributed by atoms with Crippen LogP contribution >= 0.6 is 0 Å². The van der Waals surface area contributed by atoms with Gasteiger partial charge in [0.1, 0.15) is 12.1 Å². The zero-order chi connectivity index (χ0) is 24.1. The third-order valence-electron chi connectivity index (χ3n) is 5.98. The maximum atomic E-state index is 13.5. The van der Waals surface area contributed by atoms with Crippen molar-refractivity contribution in [2.75, 3.05) is 27.9 Å². The number of carbonyl (C=O) groups excluding carboxylic acids is 2. The van der Waals surface area contributed by atoms with Crippen molar-refractivity contribution in [3.63, 3.8) is 0 Å². The van der Waals surface area contributed by atoms with E-state index in [2.05, 4.69) is 15.3 Å². The highest BCUT2D eigenvalue weighted by atomic mass is 16.5. The maximum Gasteiger partial charge on any atom is 0.328 e. The molecule has 2 amide bonds. The number of methoxy groups -OCH3 is 3. The number of H-pyrrole nitrogens is 1. The predicted octanol–water partition coefficient (Wildman–Crippen LogP) is 2.87. The maximum absolute atomic E-state index is 13.5. The Kier molecular flexibility index (Phi) is 7.01. The summed E-state index contributed by atoms with van der Waals surface area (Å²) in [5.41, 5.74) is 3.46. The summed E-state index contributed by atoms with van der Waals surface area (Å²) < 4.78 is 15.8. The third kappa shape index (κ3) is 4.68. The zero-order valence-electron chi connectivity index (χ0n) is 19.4. The molecule has 9 nitrogen and oxygen atoms in total. The van der Waals surface area contributed by atoms with E-state index < -0.39 is 18.1 Å². The van der Waals surface area contributed by atoms with E-state index in [-0.39, 0.29) is 6.03 Å². The van der Waals surface area contributed by atoms with Crippen molar-refractivity contribution in [3.8, 4) is 11.5 Å².